The molecule has 0 spiro atoms. The second kappa shape index (κ2) is 14.1. The van der Waals surface area contributed by atoms with Crippen LogP contribution >= 0.6 is 11.8 Å². The minimum atomic E-state index is -2.51. The number of morpholine rings is 1. The van der Waals surface area contributed by atoms with Crippen molar-refractivity contribution in [1.29, 1.82) is 5.26 Å². The number of nitriles is 1. The van der Waals surface area contributed by atoms with Gasteiger partial charge in [0.2, 0.25) is 0 Å². The maximum atomic E-state index is 13.0. The third kappa shape index (κ3) is 7.52. The minimum absolute atomic E-state index is 0.00313. The number of ether oxygens (including phenoxy) is 1. The van der Waals surface area contributed by atoms with E-state index >= 15 is 0 Å². The van der Waals surface area contributed by atoms with Gasteiger partial charge < -0.3 is 19.9 Å². The van der Waals surface area contributed by atoms with Crippen molar-refractivity contribution in [1.82, 2.24) is 4.90 Å². The number of alkyl halides is 2. The Hall–Kier alpha value is -3.61. The van der Waals surface area contributed by atoms with Gasteiger partial charge in [0.15, 0.2) is 0 Å². The summed E-state index contributed by atoms with van der Waals surface area (Å²) in [4.78, 5) is 18.0. The predicted octanol–water partition coefficient (Wildman–Crippen LogP) is 6.70. The van der Waals surface area contributed by atoms with Crippen LogP contribution < -0.4 is 10.2 Å². The number of nitrogens with one attached hydrogen (secondary N) is 1. The van der Waals surface area contributed by atoms with Crippen molar-refractivity contribution in [2.45, 2.75) is 37.3 Å². The molecule has 0 aromatic heterocycles. The highest BCUT2D eigenvalue weighted by Gasteiger charge is 2.26. The maximum Gasteiger partial charge on any atom is 0.288 e. The Morgan fingerprint density at radius 2 is 1.77 bits per heavy atom. The number of hydrogen-bond acceptors (Lipinski definition) is 6. The van der Waals surface area contributed by atoms with E-state index < -0.39 is 11.7 Å². The highest BCUT2D eigenvalue weighted by molar-refractivity contribution is 7.99. The molecule has 0 radical (unpaired) electrons. The summed E-state index contributed by atoms with van der Waals surface area (Å²) in [6.45, 7) is 8.92. The van der Waals surface area contributed by atoms with Gasteiger partial charge in [0.25, 0.3) is 11.7 Å². The van der Waals surface area contributed by atoms with Crippen LogP contribution in [0.4, 0.5) is 20.2 Å². The first-order valence-corrected chi connectivity index (χ1v) is 14.4. The van der Waals surface area contributed by atoms with Gasteiger partial charge in [0.05, 0.1) is 13.2 Å². The quantitative estimate of drug-likeness (QED) is 0.197. The molecule has 1 N–H and O–H groups in total. The number of thioether (sulfide) groups is 1. The molecule has 0 atom stereocenters. The van der Waals surface area contributed by atoms with Crippen molar-refractivity contribution >= 4 is 35.1 Å². The van der Waals surface area contributed by atoms with E-state index in [0.717, 1.165) is 49.4 Å². The van der Waals surface area contributed by atoms with Crippen LogP contribution in [0.15, 0.2) is 81.9 Å². The monoisotopic (exact) mass is 564 g/mol. The lowest BCUT2D eigenvalue weighted by atomic mass is 10.1. The number of carbonyl (C=O) groups is 1. The molecule has 0 bridgehead atoms. The van der Waals surface area contributed by atoms with E-state index in [0.29, 0.717) is 42.0 Å². The molecule has 1 fully saturated rings. The molecular formula is C31H34F2N4O2S. The van der Waals surface area contributed by atoms with Crippen LogP contribution in [0.5, 0.6) is 0 Å². The van der Waals surface area contributed by atoms with E-state index in [4.69, 9.17) is 4.74 Å². The Bertz CT molecular complexity index is 1300. The Morgan fingerprint density at radius 3 is 2.38 bits per heavy atom. The van der Waals surface area contributed by atoms with Crippen molar-refractivity contribution < 1.29 is 18.3 Å². The Labute approximate surface area is 239 Å². The number of halogens is 2. The number of anilines is 2. The lowest BCUT2D eigenvalue weighted by Crippen LogP contribution is -2.36. The van der Waals surface area contributed by atoms with Gasteiger partial charge in [-0.25, -0.2) is 0 Å². The third-order valence-corrected chi connectivity index (χ3v) is 7.71. The summed E-state index contributed by atoms with van der Waals surface area (Å²) < 4.78 is 30.8. The van der Waals surface area contributed by atoms with Crippen molar-refractivity contribution in [2.75, 3.05) is 49.6 Å². The summed E-state index contributed by atoms with van der Waals surface area (Å²) in [6.07, 6.45) is 5.40. The number of allylic oxidation sites excluding steroid dienone is 3. The van der Waals surface area contributed by atoms with Crippen LogP contribution in [0, 0.1) is 11.3 Å². The lowest BCUT2D eigenvalue weighted by molar-refractivity contribution is -0.112. The molecule has 1 saturated heterocycles. The highest BCUT2D eigenvalue weighted by atomic mass is 32.2. The highest BCUT2D eigenvalue weighted by Crippen LogP contribution is 2.37. The Kier molecular flexibility index (Phi) is 10.4. The van der Waals surface area contributed by atoms with E-state index in [2.05, 4.69) is 59.3 Å². The molecule has 210 valence electrons. The number of hydrogen-bond donors (Lipinski definition) is 1. The molecule has 2 aliphatic rings. The van der Waals surface area contributed by atoms with Gasteiger partial charge >= 0.3 is 0 Å². The number of amides is 1. The molecule has 1 aliphatic heterocycles. The zero-order valence-corrected chi connectivity index (χ0v) is 23.6. The standard InChI is InChI=1S/C31H34F2N4O2S/c1-3-36(4-2)27-11-5-22(6-12-27)19-23-7-8-24(29(23)37-15-17-39-18-16-37)20-25(21-34)30(38)35-26-9-13-28(14-10-26)40-31(32)33/h5-6,9-14,19-20,31H,3-4,7-8,15-18H2,1-2H3,(H,35,38)/b23-19-,25-20+. The van der Waals surface area contributed by atoms with Crippen molar-refractivity contribution in [2.24, 2.45) is 0 Å². The van der Waals surface area contributed by atoms with Gasteiger partial charge in [-0.15, -0.1) is 0 Å². The van der Waals surface area contributed by atoms with Crippen molar-refractivity contribution in [3.8, 4) is 6.07 Å². The van der Waals surface area contributed by atoms with E-state index in [1.54, 1.807) is 18.2 Å². The van der Waals surface area contributed by atoms with Crippen LogP contribution in [0.25, 0.3) is 6.08 Å². The van der Waals surface area contributed by atoms with Crippen LogP contribution in [0.1, 0.15) is 32.3 Å². The summed E-state index contributed by atoms with van der Waals surface area (Å²) in [6, 6.07) is 16.7. The Balaban J connectivity index is 1.60. The summed E-state index contributed by atoms with van der Waals surface area (Å²) in [5, 5.41) is 12.6. The fraction of sp³-hybridized carbons (Fsp3) is 0.355. The van der Waals surface area contributed by atoms with E-state index in [-0.39, 0.29) is 5.57 Å². The van der Waals surface area contributed by atoms with Gasteiger partial charge in [0.1, 0.15) is 11.6 Å². The largest absolute Gasteiger partial charge is 0.378 e. The van der Waals surface area contributed by atoms with Gasteiger partial charge in [0, 0.05) is 48.1 Å². The summed E-state index contributed by atoms with van der Waals surface area (Å²) in [5.41, 5.74) is 5.91. The molecule has 6 nitrogen and oxygen atoms in total. The average Bonchev–Trinajstić information content (AvgIpc) is 3.36. The van der Waals surface area contributed by atoms with Gasteiger partial charge in [-0.3, -0.25) is 4.79 Å². The van der Waals surface area contributed by atoms with E-state index in [1.165, 1.54) is 23.4 Å². The van der Waals surface area contributed by atoms with Gasteiger partial charge in [-0.2, -0.15) is 14.0 Å². The number of benzene rings is 2. The fourth-order valence-corrected chi connectivity index (χ4v) is 5.50. The second-order valence-electron chi connectivity index (χ2n) is 9.43. The first-order chi connectivity index (χ1) is 19.4. The molecule has 0 saturated carbocycles. The molecule has 1 heterocycles. The number of nitrogens with zero attached hydrogens (tertiary/aromatic N) is 3. The zero-order valence-electron chi connectivity index (χ0n) is 22.8. The molecule has 1 amide bonds. The van der Waals surface area contributed by atoms with E-state index in [1.807, 2.05) is 6.07 Å². The van der Waals surface area contributed by atoms with Crippen LogP contribution in [-0.2, 0) is 9.53 Å². The first-order valence-electron chi connectivity index (χ1n) is 13.5. The average molecular weight is 565 g/mol. The SMILES string of the molecule is CCN(CC)c1ccc(/C=C2/CCC(/C=C(\C#N)C(=O)Nc3ccc(SC(F)F)cc3)=C2N2CCOCC2)cc1. The Morgan fingerprint density at radius 1 is 1.10 bits per heavy atom. The van der Waals surface area contributed by atoms with Crippen molar-refractivity contribution in [3.63, 3.8) is 0 Å². The molecule has 2 aromatic carbocycles. The molecule has 9 heteroatoms. The smallest absolute Gasteiger partial charge is 0.288 e. The number of rotatable bonds is 10. The van der Waals surface area contributed by atoms with Crippen LogP contribution in [-0.4, -0.2) is 56.0 Å². The first kappa shape index (κ1) is 29.4. The minimum Gasteiger partial charge on any atom is -0.378 e. The van der Waals surface area contributed by atoms with Crippen molar-refractivity contribution in [3.05, 3.63) is 82.6 Å². The normalized spacial score (nSPS) is 16.9. The molecular weight excluding hydrogens is 530 g/mol. The topological polar surface area (TPSA) is 68.6 Å². The molecule has 1 aliphatic carbocycles. The lowest BCUT2D eigenvalue weighted by Gasteiger charge is -2.31. The van der Waals surface area contributed by atoms with Gasteiger partial charge in [-0.1, -0.05) is 23.9 Å². The molecule has 40 heavy (non-hydrogen) atoms. The summed E-state index contributed by atoms with van der Waals surface area (Å²) >= 11 is 0.439. The molecule has 2 aromatic rings. The summed E-state index contributed by atoms with van der Waals surface area (Å²) in [5.74, 6) is -3.05. The zero-order chi connectivity index (χ0) is 28.5. The molecule has 0 unspecified atom stereocenters. The summed E-state index contributed by atoms with van der Waals surface area (Å²) in [7, 11) is 0. The van der Waals surface area contributed by atoms with Crippen LogP contribution in [0.2, 0.25) is 0 Å². The second-order valence-corrected chi connectivity index (χ2v) is 10.5. The van der Waals surface area contributed by atoms with E-state index in [9.17, 15) is 18.8 Å². The third-order valence-electron chi connectivity index (χ3n) is 6.98. The maximum absolute atomic E-state index is 13.0. The number of carbonyl (C=O) groups excluding carboxylic acids is 1. The van der Waals surface area contributed by atoms with Crippen LogP contribution in [0.3, 0.4) is 0 Å². The predicted molar refractivity (Wildman–Crippen MR) is 157 cm³/mol. The van der Waals surface area contributed by atoms with Gasteiger partial charge in [-0.05, 0) is 91.9 Å². The molecule has 4 rings (SSSR count). The fourth-order valence-electron chi connectivity index (χ4n) is 5.00.